The van der Waals surface area contributed by atoms with Crippen molar-refractivity contribution in [1.29, 1.82) is 0 Å². The summed E-state index contributed by atoms with van der Waals surface area (Å²) in [6.45, 7) is 0.812. The van der Waals surface area contributed by atoms with Crippen molar-refractivity contribution >= 4 is 34.9 Å². The zero-order valence-electron chi connectivity index (χ0n) is 14.6. The second-order valence-corrected chi connectivity index (χ2v) is 7.69. The fraction of sp³-hybridized carbons (Fsp3) is 0.300. The molecular formula is C20H17Cl2NO4. The van der Waals surface area contributed by atoms with E-state index < -0.39 is 5.60 Å². The molecule has 7 heteroatoms. The van der Waals surface area contributed by atoms with Gasteiger partial charge in [-0.25, -0.2) is 0 Å². The fourth-order valence-electron chi connectivity index (χ4n) is 3.68. The predicted molar refractivity (Wildman–Crippen MR) is 102 cm³/mol. The first-order chi connectivity index (χ1) is 12.9. The van der Waals surface area contributed by atoms with Gasteiger partial charge in [-0.2, -0.15) is 0 Å². The summed E-state index contributed by atoms with van der Waals surface area (Å²) in [7, 11) is 1.55. The van der Waals surface area contributed by atoms with Gasteiger partial charge < -0.3 is 14.4 Å². The van der Waals surface area contributed by atoms with Gasteiger partial charge in [-0.15, -0.1) is 0 Å². The SMILES string of the molecule is COc1ccc2c(c1)C(=O)CC1(CCN(C(=O)c3cc(Cl)ccc3Cl)C1)O2. The van der Waals surface area contributed by atoms with Crippen LogP contribution in [-0.2, 0) is 0 Å². The number of nitrogens with zero attached hydrogens (tertiary/aromatic N) is 1. The van der Waals surface area contributed by atoms with E-state index >= 15 is 0 Å². The van der Waals surface area contributed by atoms with E-state index in [4.69, 9.17) is 32.7 Å². The standard InChI is InChI=1S/C20H17Cl2NO4/c1-26-13-3-5-18-15(9-13)17(24)10-20(27-18)6-7-23(11-20)19(25)14-8-12(21)2-4-16(14)22/h2-5,8-9H,6-7,10-11H2,1H3. The quantitative estimate of drug-likeness (QED) is 0.748. The molecule has 27 heavy (non-hydrogen) atoms. The molecule has 2 aliphatic rings. The first-order valence-corrected chi connectivity index (χ1v) is 9.31. The minimum Gasteiger partial charge on any atom is -0.497 e. The average Bonchev–Trinajstić information content (AvgIpc) is 3.06. The molecule has 0 bridgehead atoms. The third-order valence-electron chi connectivity index (χ3n) is 5.06. The zero-order chi connectivity index (χ0) is 19.2. The number of Topliss-reactive ketones (excluding diaryl/α,β-unsaturated/α-hetero) is 1. The summed E-state index contributed by atoms with van der Waals surface area (Å²) in [4.78, 5) is 27.2. The maximum atomic E-state index is 12.9. The van der Waals surface area contributed by atoms with Gasteiger partial charge in [0.05, 0.1) is 36.2 Å². The molecule has 1 atom stereocenters. The van der Waals surface area contributed by atoms with Crippen molar-refractivity contribution in [1.82, 2.24) is 4.90 Å². The number of carbonyl (C=O) groups excluding carboxylic acids is 2. The lowest BCUT2D eigenvalue weighted by atomic mass is 9.89. The molecule has 0 saturated carbocycles. The Balaban J connectivity index is 1.57. The molecule has 1 spiro atoms. The molecule has 2 heterocycles. The molecule has 0 radical (unpaired) electrons. The molecule has 1 saturated heterocycles. The Morgan fingerprint density at radius 2 is 2.04 bits per heavy atom. The first-order valence-electron chi connectivity index (χ1n) is 8.55. The van der Waals surface area contributed by atoms with Crippen LogP contribution in [0.25, 0.3) is 0 Å². The molecule has 5 nitrogen and oxygen atoms in total. The molecule has 2 aromatic rings. The van der Waals surface area contributed by atoms with E-state index in [2.05, 4.69) is 0 Å². The monoisotopic (exact) mass is 405 g/mol. The average molecular weight is 406 g/mol. The maximum Gasteiger partial charge on any atom is 0.255 e. The summed E-state index contributed by atoms with van der Waals surface area (Å²) in [5, 5.41) is 0.798. The van der Waals surface area contributed by atoms with Gasteiger partial charge in [-0.3, -0.25) is 9.59 Å². The number of hydrogen-bond donors (Lipinski definition) is 0. The second-order valence-electron chi connectivity index (χ2n) is 6.85. The smallest absolute Gasteiger partial charge is 0.255 e. The van der Waals surface area contributed by atoms with E-state index in [1.54, 1.807) is 48.4 Å². The van der Waals surface area contributed by atoms with Gasteiger partial charge in [-0.1, -0.05) is 23.2 Å². The van der Waals surface area contributed by atoms with Crippen LogP contribution in [0.5, 0.6) is 11.5 Å². The highest BCUT2D eigenvalue weighted by Gasteiger charge is 2.47. The third-order valence-corrected chi connectivity index (χ3v) is 5.62. The molecule has 140 valence electrons. The molecule has 0 aromatic heterocycles. The van der Waals surface area contributed by atoms with Gasteiger partial charge in [-0.05, 0) is 36.4 Å². The van der Waals surface area contributed by atoms with Gasteiger partial charge in [0.2, 0.25) is 0 Å². The van der Waals surface area contributed by atoms with Crippen molar-refractivity contribution in [3.05, 3.63) is 57.6 Å². The van der Waals surface area contributed by atoms with Crippen LogP contribution in [0.15, 0.2) is 36.4 Å². The van der Waals surface area contributed by atoms with Crippen LogP contribution in [-0.4, -0.2) is 42.4 Å². The van der Waals surface area contributed by atoms with Crippen LogP contribution in [0.1, 0.15) is 33.6 Å². The lowest BCUT2D eigenvalue weighted by molar-refractivity contribution is 0.0427. The topological polar surface area (TPSA) is 55.8 Å². The van der Waals surface area contributed by atoms with Crippen LogP contribution >= 0.6 is 23.2 Å². The fourth-order valence-corrected chi connectivity index (χ4v) is 4.05. The predicted octanol–water partition coefficient (Wildman–Crippen LogP) is 4.25. The van der Waals surface area contributed by atoms with Gasteiger partial charge in [0.25, 0.3) is 5.91 Å². The van der Waals surface area contributed by atoms with E-state index in [1.165, 1.54) is 0 Å². The highest BCUT2D eigenvalue weighted by molar-refractivity contribution is 6.35. The minimum absolute atomic E-state index is 0.00904. The Labute approximate surface area is 166 Å². The van der Waals surface area contributed by atoms with Crippen molar-refractivity contribution in [2.45, 2.75) is 18.4 Å². The molecule has 2 aromatic carbocycles. The second kappa shape index (κ2) is 6.73. The van der Waals surface area contributed by atoms with Crippen molar-refractivity contribution < 1.29 is 19.1 Å². The van der Waals surface area contributed by atoms with Gasteiger partial charge in [0.15, 0.2) is 5.78 Å². The Morgan fingerprint density at radius 1 is 1.22 bits per heavy atom. The van der Waals surface area contributed by atoms with Crippen LogP contribution in [0.4, 0.5) is 0 Å². The van der Waals surface area contributed by atoms with Gasteiger partial charge >= 0.3 is 0 Å². The number of methoxy groups -OCH3 is 1. The Morgan fingerprint density at radius 3 is 2.81 bits per heavy atom. The normalized spacial score (nSPS) is 21.1. The Kier molecular flexibility index (Phi) is 4.52. The molecule has 1 amide bonds. The summed E-state index contributed by atoms with van der Waals surface area (Å²) in [6, 6.07) is 9.99. The number of halogens is 2. The van der Waals surface area contributed by atoms with E-state index in [1.807, 2.05) is 0 Å². The third kappa shape index (κ3) is 3.26. The van der Waals surface area contributed by atoms with Crippen LogP contribution < -0.4 is 9.47 Å². The number of carbonyl (C=O) groups is 2. The number of hydrogen-bond acceptors (Lipinski definition) is 4. The molecule has 0 aliphatic carbocycles. The van der Waals surface area contributed by atoms with Crippen molar-refractivity contribution in [3.8, 4) is 11.5 Å². The Hall–Kier alpha value is -2.24. The maximum absolute atomic E-state index is 12.9. The summed E-state index contributed by atoms with van der Waals surface area (Å²) in [6.07, 6.45) is 0.800. The summed E-state index contributed by atoms with van der Waals surface area (Å²) in [5.41, 5.74) is 0.162. The number of ketones is 1. The van der Waals surface area contributed by atoms with E-state index in [0.717, 1.165) is 0 Å². The highest BCUT2D eigenvalue weighted by Crippen LogP contribution is 2.40. The summed E-state index contributed by atoms with van der Waals surface area (Å²) >= 11 is 12.2. The molecule has 1 unspecified atom stereocenters. The Bertz CT molecular complexity index is 946. The van der Waals surface area contributed by atoms with E-state index in [9.17, 15) is 9.59 Å². The highest BCUT2D eigenvalue weighted by atomic mass is 35.5. The van der Waals surface area contributed by atoms with Crippen LogP contribution in [0, 0.1) is 0 Å². The molecular weight excluding hydrogens is 389 g/mol. The van der Waals surface area contributed by atoms with Gasteiger partial charge in [0.1, 0.15) is 17.1 Å². The number of amides is 1. The number of fused-ring (bicyclic) bond motifs is 1. The zero-order valence-corrected chi connectivity index (χ0v) is 16.1. The van der Waals surface area contributed by atoms with E-state index in [-0.39, 0.29) is 18.1 Å². The van der Waals surface area contributed by atoms with Crippen molar-refractivity contribution in [2.24, 2.45) is 0 Å². The van der Waals surface area contributed by atoms with E-state index in [0.29, 0.717) is 52.2 Å². The van der Waals surface area contributed by atoms with Crippen molar-refractivity contribution in [2.75, 3.05) is 20.2 Å². The van der Waals surface area contributed by atoms with Crippen LogP contribution in [0.3, 0.4) is 0 Å². The first kappa shape index (κ1) is 18.1. The number of rotatable bonds is 2. The number of ether oxygens (including phenoxy) is 2. The molecule has 4 rings (SSSR count). The molecule has 0 N–H and O–H groups in total. The minimum atomic E-state index is -0.709. The largest absolute Gasteiger partial charge is 0.497 e. The van der Waals surface area contributed by atoms with Gasteiger partial charge in [0, 0.05) is 18.0 Å². The summed E-state index contributed by atoms with van der Waals surface area (Å²) < 4.78 is 11.4. The lowest BCUT2D eigenvalue weighted by Gasteiger charge is -2.34. The molecule has 1 fully saturated rings. The molecule has 2 aliphatic heterocycles. The van der Waals surface area contributed by atoms with Crippen molar-refractivity contribution in [3.63, 3.8) is 0 Å². The number of likely N-dealkylation sites (tertiary alicyclic amines) is 1. The summed E-state index contributed by atoms with van der Waals surface area (Å²) in [5.74, 6) is 0.920. The van der Waals surface area contributed by atoms with Crippen LogP contribution in [0.2, 0.25) is 10.0 Å². The lowest BCUT2D eigenvalue weighted by Crippen LogP contribution is -2.45. The number of benzene rings is 2.